The van der Waals surface area contributed by atoms with E-state index in [2.05, 4.69) is 5.32 Å². The molecule has 0 unspecified atom stereocenters. The molecule has 2 aromatic rings. The molecule has 38 heavy (non-hydrogen) atoms. The largest absolute Gasteiger partial charge is 0.497 e. The molecule has 0 radical (unpaired) electrons. The first-order valence-electron chi connectivity index (χ1n) is 13.0. The quantitative estimate of drug-likeness (QED) is 0.436. The lowest BCUT2D eigenvalue weighted by atomic mass is 9.95. The van der Waals surface area contributed by atoms with E-state index in [9.17, 15) is 18.0 Å². The summed E-state index contributed by atoms with van der Waals surface area (Å²) < 4.78 is 37.5. The minimum Gasteiger partial charge on any atom is -0.497 e. The molecule has 1 atom stereocenters. The van der Waals surface area contributed by atoms with Gasteiger partial charge < -0.3 is 19.7 Å². The van der Waals surface area contributed by atoms with Crippen LogP contribution in [0.5, 0.6) is 11.5 Å². The van der Waals surface area contributed by atoms with Gasteiger partial charge in [0.25, 0.3) is 0 Å². The molecule has 9 nitrogen and oxygen atoms in total. The Balaban J connectivity index is 1.95. The Morgan fingerprint density at radius 1 is 1.03 bits per heavy atom. The molecule has 2 amide bonds. The molecule has 2 aromatic carbocycles. The fraction of sp³-hybridized carbons (Fsp3) is 0.500. The number of hydrogen-bond donors (Lipinski definition) is 1. The lowest BCUT2D eigenvalue weighted by molar-refractivity contribution is -0.140. The summed E-state index contributed by atoms with van der Waals surface area (Å²) >= 11 is 0. The van der Waals surface area contributed by atoms with Crippen LogP contribution in [0.3, 0.4) is 0 Å². The van der Waals surface area contributed by atoms with Crippen LogP contribution < -0.4 is 19.1 Å². The van der Waals surface area contributed by atoms with Gasteiger partial charge in [0, 0.05) is 18.7 Å². The second-order valence-electron chi connectivity index (χ2n) is 9.58. The molecule has 1 aliphatic carbocycles. The van der Waals surface area contributed by atoms with Crippen LogP contribution in [-0.4, -0.2) is 64.2 Å². The van der Waals surface area contributed by atoms with Gasteiger partial charge in [-0.05, 0) is 37.0 Å². The fourth-order valence-electron chi connectivity index (χ4n) is 4.83. The van der Waals surface area contributed by atoms with Crippen molar-refractivity contribution in [2.75, 3.05) is 31.3 Å². The second kappa shape index (κ2) is 13.5. The van der Waals surface area contributed by atoms with Crippen molar-refractivity contribution in [3.63, 3.8) is 0 Å². The maximum absolute atomic E-state index is 13.9. The average Bonchev–Trinajstić information content (AvgIpc) is 2.91. The number of sulfonamides is 1. The van der Waals surface area contributed by atoms with E-state index in [0.717, 1.165) is 48.2 Å². The standard InChI is InChI=1S/C28H39N3O6S/c1-5-24(28(33)29-22-14-10-7-11-15-22)30(19-21-12-8-6-9-13-21)27(32)20-31(38(4,34)35)25-18-23(36-2)16-17-26(25)37-3/h6,8-9,12-13,16-18,22,24H,5,7,10-11,14-15,19-20H2,1-4H3,(H,29,33)/t24-/m0/s1. The first-order chi connectivity index (χ1) is 18.2. The normalized spacial score (nSPS) is 14.8. The van der Waals surface area contributed by atoms with Crippen molar-refractivity contribution in [3.8, 4) is 11.5 Å². The van der Waals surface area contributed by atoms with E-state index in [0.29, 0.717) is 12.2 Å². The number of nitrogens with one attached hydrogen (secondary N) is 1. The molecule has 0 aliphatic heterocycles. The van der Waals surface area contributed by atoms with Crippen molar-refractivity contribution in [2.45, 2.75) is 64.1 Å². The maximum Gasteiger partial charge on any atom is 0.244 e. The lowest BCUT2D eigenvalue weighted by Gasteiger charge is -2.34. The average molecular weight is 546 g/mol. The van der Waals surface area contributed by atoms with Gasteiger partial charge in [0.1, 0.15) is 24.1 Å². The molecule has 1 fully saturated rings. The van der Waals surface area contributed by atoms with Crippen molar-refractivity contribution in [1.82, 2.24) is 10.2 Å². The number of rotatable bonds is 12. The Kier molecular flexibility index (Phi) is 10.4. The summed E-state index contributed by atoms with van der Waals surface area (Å²) in [6, 6.07) is 13.5. The highest BCUT2D eigenvalue weighted by atomic mass is 32.2. The first kappa shape index (κ1) is 29.3. The van der Waals surface area contributed by atoms with Crippen molar-refractivity contribution in [2.24, 2.45) is 0 Å². The van der Waals surface area contributed by atoms with Crippen LogP contribution in [-0.2, 0) is 26.2 Å². The Morgan fingerprint density at radius 3 is 2.29 bits per heavy atom. The zero-order chi connectivity index (χ0) is 27.7. The SMILES string of the molecule is CC[C@@H](C(=O)NC1CCCCC1)N(Cc1ccccc1)C(=O)CN(c1cc(OC)ccc1OC)S(C)(=O)=O. The first-order valence-corrected chi connectivity index (χ1v) is 14.9. The summed E-state index contributed by atoms with van der Waals surface area (Å²) in [5.74, 6) is -0.00889. The number of amides is 2. The highest BCUT2D eigenvalue weighted by Gasteiger charge is 2.33. The van der Waals surface area contributed by atoms with Gasteiger partial charge in [-0.15, -0.1) is 0 Å². The van der Waals surface area contributed by atoms with Gasteiger partial charge in [0.2, 0.25) is 21.8 Å². The minimum atomic E-state index is -3.90. The van der Waals surface area contributed by atoms with E-state index < -0.39 is 28.5 Å². The Hall–Kier alpha value is -3.27. The number of ether oxygens (including phenoxy) is 2. The third-order valence-corrected chi connectivity index (χ3v) is 7.99. The Morgan fingerprint density at radius 2 is 1.71 bits per heavy atom. The van der Waals surface area contributed by atoms with Gasteiger partial charge in [-0.25, -0.2) is 8.42 Å². The van der Waals surface area contributed by atoms with E-state index in [4.69, 9.17) is 9.47 Å². The molecule has 208 valence electrons. The zero-order valence-electron chi connectivity index (χ0n) is 22.7. The summed E-state index contributed by atoms with van der Waals surface area (Å²) in [6.45, 7) is 1.53. The van der Waals surface area contributed by atoms with Crippen LogP contribution in [0.25, 0.3) is 0 Å². The number of benzene rings is 2. The van der Waals surface area contributed by atoms with Gasteiger partial charge in [-0.2, -0.15) is 0 Å². The zero-order valence-corrected chi connectivity index (χ0v) is 23.5. The monoisotopic (exact) mass is 545 g/mol. The molecule has 1 saturated carbocycles. The van der Waals surface area contributed by atoms with Gasteiger partial charge in [-0.1, -0.05) is 56.5 Å². The van der Waals surface area contributed by atoms with E-state index in [1.54, 1.807) is 12.1 Å². The predicted molar refractivity (Wildman–Crippen MR) is 148 cm³/mol. The van der Waals surface area contributed by atoms with Crippen molar-refractivity contribution >= 4 is 27.5 Å². The third kappa shape index (κ3) is 7.63. The molecular weight excluding hydrogens is 506 g/mol. The number of carbonyl (C=O) groups excluding carboxylic acids is 2. The number of methoxy groups -OCH3 is 2. The molecule has 0 heterocycles. The predicted octanol–water partition coefficient (Wildman–Crippen LogP) is 3.73. The van der Waals surface area contributed by atoms with Gasteiger partial charge in [-0.3, -0.25) is 13.9 Å². The van der Waals surface area contributed by atoms with Crippen molar-refractivity contribution in [1.29, 1.82) is 0 Å². The third-order valence-electron chi connectivity index (χ3n) is 6.87. The van der Waals surface area contributed by atoms with Crippen LogP contribution in [0.1, 0.15) is 51.0 Å². The second-order valence-corrected chi connectivity index (χ2v) is 11.5. The molecule has 0 saturated heterocycles. The Labute approximate surface area is 226 Å². The topological polar surface area (TPSA) is 105 Å². The molecule has 3 rings (SSSR count). The molecule has 1 aliphatic rings. The summed E-state index contributed by atoms with van der Waals surface area (Å²) in [7, 11) is -1.00. The van der Waals surface area contributed by atoms with Crippen LogP contribution in [0.15, 0.2) is 48.5 Å². The number of nitrogens with zero attached hydrogens (tertiary/aromatic N) is 2. The highest BCUT2D eigenvalue weighted by Crippen LogP contribution is 2.34. The molecular formula is C28H39N3O6S. The van der Waals surface area contributed by atoms with Gasteiger partial charge >= 0.3 is 0 Å². The van der Waals surface area contributed by atoms with E-state index in [1.807, 2.05) is 37.3 Å². The Bertz CT molecular complexity index is 1180. The maximum atomic E-state index is 13.9. The van der Waals surface area contributed by atoms with Crippen LogP contribution in [0, 0.1) is 0 Å². The molecule has 0 bridgehead atoms. The molecule has 0 aromatic heterocycles. The summed E-state index contributed by atoms with van der Waals surface area (Å²) in [4.78, 5) is 28.8. The van der Waals surface area contributed by atoms with Crippen LogP contribution in [0.2, 0.25) is 0 Å². The molecule has 1 N–H and O–H groups in total. The molecule has 10 heteroatoms. The minimum absolute atomic E-state index is 0.0903. The van der Waals surface area contributed by atoms with E-state index >= 15 is 0 Å². The fourth-order valence-corrected chi connectivity index (χ4v) is 5.68. The van der Waals surface area contributed by atoms with Gasteiger partial charge in [0.15, 0.2) is 0 Å². The van der Waals surface area contributed by atoms with Crippen molar-refractivity contribution in [3.05, 3.63) is 54.1 Å². The molecule has 0 spiro atoms. The van der Waals surface area contributed by atoms with Crippen molar-refractivity contribution < 1.29 is 27.5 Å². The summed E-state index contributed by atoms with van der Waals surface area (Å²) in [5.41, 5.74) is 1.02. The summed E-state index contributed by atoms with van der Waals surface area (Å²) in [6.07, 6.45) is 6.57. The van der Waals surface area contributed by atoms with Crippen LogP contribution >= 0.6 is 0 Å². The van der Waals surface area contributed by atoms with E-state index in [1.165, 1.54) is 25.2 Å². The van der Waals surface area contributed by atoms with E-state index in [-0.39, 0.29) is 29.9 Å². The van der Waals surface area contributed by atoms with Crippen LogP contribution in [0.4, 0.5) is 5.69 Å². The lowest BCUT2D eigenvalue weighted by Crippen LogP contribution is -2.54. The highest BCUT2D eigenvalue weighted by molar-refractivity contribution is 7.92. The van der Waals surface area contributed by atoms with Gasteiger partial charge in [0.05, 0.1) is 26.2 Å². The number of anilines is 1. The number of carbonyl (C=O) groups is 2. The summed E-state index contributed by atoms with van der Waals surface area (Å²) in [5, 5.41) is 3.14. The smallest absolute Gasteiger partial charge is 0.244 e. The number of hydrogen-bond acceptors (Lipinski definition) is 6.